The van der Waals surface area contributed by atoms with E-state index in [0.717, 1.165) is 35.6 Å². The highest BCUT2D eigenvalue weighted by atomic mass is 16.5. The van der Waals surface area contributed by atoms with Crippen molar-refractivity contribution in [3.05, 3.63) is 95.8 Å². The predicted octanol–water partition coefficient (Wildman–Crippen LogP) is 5.00. The number of para-hydroxylation sites is 2. The summed E-state index contributed by atoms with van der Waals surface area (Å²) in [4.78, 5) is 17.4. The van der Waals surface area contributed by atoms with E-state index in [4.69, 9.17) is 9.72 Å². The number of nitrogens with zero attached hydrogens (tertiary/aromatic N) is 2. The second-order valence-electron chi connectivity index (χ2n) is 7.78. The number of carbonyl (C=O) groups excluding carboxylic acids is 1. The van der Waals surface area contributed by atoms with Crippen LogP contribution in [-0.2, 0) is 19.5 Å². The Morgan fingerprint density at radius 3 is 2.42 bits per heavy atom. The van der Waals surface area contributed by atoms with E-state index in [1.807, 2.05) is 50.2 Å². The summed E-state index contributed by atoms with van der Waals surface area (Å²) < 4.78 is 7.84. The van der Waals surface area contributed by atoms with Crippen LogP contribution in [0.3, 0.4) is 0 Å². The Labute approximate surface area is 182 Å². The van der Waals surface area contributed by atoms with Gasteiger partial charge in [0.05, 0.1) is 23.7 Å². The lowest BCUT2D eigenvalue weighted by atomic mass is 10.1. The monoisotopic (exact) mass is 413 g/mol. The molecule has 0 aliphatic rings. The lowest BCUT2D eigenvalue weighted by molar-refractivity contribution is 0.0949. The summed E-state index contributed by atoms with van der Waals surface area (Å²) in [5.41, 5.74) is 3.90. The lowest BCUT2D eigenvalue weighted by Gasteiger charge is -2.12. The first-order chi connectivity index (χ1) is 15.1. The fraction of sp³-hybridized carbons (Fsp3) is 0.231. The molecule has 0 fully saturated rings. The maximum Gasteiger partial charge on any atom is 0.251 e. The Morgan fingerprint density at radius 1 is 0.968 bits per heavy atom. The summed E-state index contributed by atoms with van der Waals surface area (Å²) in [7, 11) is 0. The van der Waals surface area contributed by atoms with E-state index in [9.17, 15) is 4.79 Å². The van der Waals surface area contributed by atoms with E-state index >= 15 is 0 Å². The maximum absolute atomic E-state index is 12.7. The van der Waals surface area contributed by atoms with Crippen LogP contribution in [0.2, 0.25) is 0 Å². The molecule has 5 heteroatoms. The van der Waals surface area contributed by atoms with Crippen molar-refractivity contribution in [3.8, 4) is 5.75 Å². The summed E-state index contributed by atoms with van der Waals surface area (Å²) in [5, 5.41) is 3.01. The number of fused-ring (bicyclic) bond motifs is 1. The van der Waals surface area contributed by atoms with Gasteiger partial charge in [0.15, 0.2) is 0 Å². The van der Waals surface area contributed by atoms with Gasteiger partial charge in [-0.25, -0.2) is 4.98 Å². The summed E-state index contributed by atoms with van der Waals surface area (Å²) in [6, 6.07) is 25.7. The van der Waals surface area contributed by atoms with Gasteiger partial charge in [-0.2, -0.15) is 0 Å². The van der Waals surface area contributed by atoms with Gasteiger partial charge in [0.25, 0.3) is 5.91 Å². The molecule has 158 valence electrons. The molecule has 0 saturated heterocycles. The van der Waals surface area contributed by atoms with Crippen molar-refractivity contribution in [2.45, 2.75) is 39.5 Å². The molecule has 0 atom stereocenters. The van der Waals surface area contributed by atoms with Gasteiger partial charge >= 0.3 is 0 Å². The molecule has 4 aromatic rings. The van der Waals surface area contributed by atoms with Crippen LogP contribution in [0, 0.1) is 0 Å². The van der Waals surface area contributed by atoms with Gasteiger partial charge in [-0.05, 0) is 62.2 Å². The minimum absolute atomic E-state index is 0.101. The maximum atomic E-state index is 12.7. The molecule has 0 bridgehead atoms. The topological polar surface area (TPSA) is 56.1 Å². The van der Waals surface area contributed by atoms with E-state index in [2.05, 4.69) is 40.2 Å². The smallest absolute Gasteiger partial charge is 0.251 e. The van der Waals surface area contributed by atoms with E-state index in [-0.39, 0.29) is 12.0 Å². The first-order valence-corrected chi connectivity index (χ1v) is 10.6. The molecule has 1 N–H and O–H groups in total. The average molecular weight is 414 g/mol. The number of nitrogens with one attached hydrogen (secondary N) is 1. The summed E-state index contributed by atoms with van der Waals surface area (Å²) in [5.74, 6) is 1.48. The molecular formula is C26H27N3O2. The predicted molar refractivity (Wildman–Crippen MR) is 123 cm³/mol. The normalized spacial score (nSPS) is 11.1. The van der Waals surface area contributed by atoms with Crippen molar-refractivity contribution in [2.24, 2.45) is 0 Å². The van der Waals surface area contributed by atoms with E-state index in [1.165, 1.54) is 5.56 Å². The van der Waals surface area contributed by atoms with Gasteiger partial charge in [-0.15, -0.1) is 0 Å². The Morgan fingerprint density at radius 2 is 1.68 bits per heavy atom. The number of benzene rings is 3. The minimum Gasteiger partial charge on any atom is -0.491 e. The molecule has 3 aromatic carbocycles. The molecule has 1 heterocycles. The van der Waals surface area contributed by atoms with Crippen LogP contribution in [0.5, 0.6) is 5.75 Å². The fourth-order valence-electron chi connectivity index (χ4n) is 3.61. The Balaban J connectivity index is 1.48. The molecule has 1 aromatic heterocycles. The third-order valence-corrected chi connectivity index (χ3v) is 5.10. The Hall–Kier alpha value is -3.60. The van der Waals surface area contributed by atoms with Gasteiger partial charge in [0.2, 0.25) is 0 Å². The number of aromatic nitrogens is 2. The summed E-state index contributed by atoms with van der Waals surface area (Å²) in [6.07, 6.45) is 1.00. The largest absolute Gasteiger partial charge is 0.491 e. The van der Waals surface area contributed by atoms with Crippen molar-refractivity contribution in [2.75, 3.05) is 0 Å². The zero-order chi connectivity index (χ0) is 21.6. The highest BCUT2D eigenvalue weighted by Crippen LogP contribution is 2.18. The van der Waals surface area contributed by atoms with Gasteiger partial charge in [-0.3, -0.25) is 4.79 Å². The van der Waals surface area contributed by atoms with E-state index < -0.39 is 0 Å². The summed E-state index contributed by atoms with van der Waals surface area (Å²) in [6.45, 7) is 5.12. The van der Waals surface area contributed by atoms with Gasteiger partial charge in [0.1, 0.15) is 11.6 Å². The van der Waals surface area contributed by atoms with Crippen molar-refractivity contribution < 1.29 is 9.53 Å². The van der Waals surface area contributed by atoms with Crippen LogP contribution in [0.1, 0.15) is 35.6 Å². The number of hydrogen-bond acceptors (Lipinski definition) is 3. The Bertz CT molecular complexity index is 1150. The number of hydrogen-bond donors (Lipinski definition) is 1. The third-order valence-electron chi connectivity index (χ3n) is 5.10. The highest BCUT2D eigenvalue weighted by molar-refractivity contribution is 5.94. The minimum atomic E-state index is -0.127. The van der Waals surface area contributed by atoms with Crippen LogP contribution in [0.15, 0.2) is 78.9 Å². The van der Waals surface area contributed by atoms with Crippen LogP contribution >= 0.6 is 0 Å². The van der Waals surface area contributed by atoms with E-state index in [0.29, 0.717) is 12.1 Å². The highest BCUT2D eigenvalue weighted by Gasteiger charge is 2.13. The molecule has 1 amide bonds. The molecular weight excluding hydrogens is 386 g/mol. The van der Waals surface area contributed by atoms with Crippen molar-refractivity contribution in [1.29, 1.82) is 0 Å². The van der Waals surface area contributed by atoms with Crippen LogP contribution < -0.4 is 10.1 Å². The van der Waals surface area contributed by atoms with Crippen LogP contribution in [-0.4, -0.2) is 21.6 Å². The molecule has 0 aliphatic heterocycles. The number of rotatable bonds is 8. The van der Waals surface area contributed by atoms with Crippen LogP contribution in [0.25, 0.3) is 11.0 Å². The second-order valence-corrected chi connectivity index (χ2v) is 7.78. The van der Waals surface area contributed by atoms with Gasteiger partial charge in [-0.1, -0.05) is 42.5 Å². The quantitative estimate of drug-likeness (QED) is 0.442. The first-order valence-electron chi connectivity index (χ1n) is 10.6. The zero-order valence-electron chi connectivity index (χ0n) is 17.9. The zero-order valence-corrected chi connectivity index (χ0v) is 17.9. The number of carbonyl (C=O) groups is 1. The van der Waals surface area contributed by atoms with E-state index in [1.54, 1.807) is 12.1 Å². The number of aryl methyl sites for hydroxylation is 2. The standard InChI is InChI=1S/C26H27N3O2/c1-19(2)31-22-14-12-21(13-15-22)26(30)27-18-25-28-23-10-6-7-11-24(23)29(25)17-16-20-8-4-3-5-9-20/h3-15,19H,16-18H2,1-2H3,(H,27,30). The molecule has 0 radical (unpaired) electrons. The molecule has 31 heavy (non-hydrogen) atoms. The lowest BCUT2D eigenvalue weighted by Crippen LogP contribution is -2.25. The first kappa shape index (κ1) is 20.7. The second kappa shape index (κ2) is 9.47. The number of imidazole rings is 1. The molecule has 0 aliphatic carbocycles. The van der Waals surface area contributed by atoms with Crippen LogP contribution in [0.4, 0.5) is 0 Å². The number of ether oxygens (including phenoxy) is 1. The SMILES string of the molecule is CC(C)Oc1ccc(C(=O)NCc2nc3ccccc3n2CCc2ccccc2)cc1. The molecule has 0 unspecified atom stereocenters. The Kier molecular flexibility index (Phi) is 6.32. The van der Waals surface area contributed by atoms with Gasteiger partial charge < -0.3 is 14.6 Å². The van der Waals surface area contributed by atoms with Crippen molar-refractivity contribution in [3.63, 3.8) is 0 Å². The third kappa shape index (κ3) is 5.12. The van der Waals surface area contributed by atoms with Crippen molar-refractivity contribution >= 4 is 16.9 Å². The molecule has 4 rings (SSSR count). The average Bonchev–Trinajstić information content (AvgIpc) is 3.14. The fourth-order valence-corrected chi connectivity index (χ4v) is 3.61. The van der Waals surface area contributed by atoms with Gasteiger partial charge in [0, 0.05) is 12.1 Å². The summed E-state index contributed by atoms with van der Waals surface area (Å²) >= 11 is 0. The molecule has 0 spiro atoms. The van der Waals surface area contributed by atoms with Crippen molar-refractivity contribution in [1.82, 2.24) is 14.9 Å². The molecule has 0 saturated carbocycles. The molecule has 5 nitrogen and oxygen atoms in total. The number of amides is 1.